The van der Waals surface area contributed by atoms with Crippen molar-refractivity contribution < 1.29 is 68.7 Å². The van der Waals surface area contributed by atoms with E-state index in [-0.39, 0.29) is 25.8 Å². The summed E-state index contributed by atoms with van der Waals surface area (Å²) in [5, 5.41) is 60.2. The normalized spacial score (nSPS) is 17.5. The van der Waals surface area contributed by atoms with E-state index < -0.39 is 121 Å². The minimum atomic E-state index is -1.77. The number of aromatic nitrogens is 1. The standard InChI is InChI=1S/C35H48N8O14/c1-16(29(50)40-23(13-27(48)49)34(55)43-11-5-8-25(43)35(56)57)38-31(52)22(12-18-14-37-21-7-4-3-6-19(18)21)39-32(53)24(15-44)41-33(54)28(17(2)45)42-30(51)20(36)9-10-26(46)47/h3-4,6-7,14,16-17,20,22-25,28,37,44-45H,5,8-13,15,36H2,1-2H3,(H,38,52)(H,39,53)(H,40,50)(H,41,54)(H,42,51)(H,46,47)(H,48,49)(H,56,57)/t16-,17+,20-,22-,23-,24-,25-,28-/m0/s1. The molecule has 2 heterocycles. The predicted molar refractivity (Wildman–Crippen MR) is 196 cm³/mol. The summed E-state index contributed by atoms with van der Waals surface area (Å²) in [6.07, 6.45) is -1.36. The summed E-state index contributed by atoms with van der Waals surface area (Å²) in [7, 11) is 0. The summed E-state index contributed by atoms with van der Waals surface area (Å²) < 4.78 is 0. The molecule has 1 aromatic heterocycles. The molecule has 1 aliphatic heterocycles. The fraction of sp³-hybridized carbons (Fsp3) is 0.514. The molecule has 0 bridgehead atoms. The van der Waals surface area contributed by atoms with Crippen LogP contribution in [0.25, 0.3) is 10.9 Å². The van der Waals surface area contributed by atoms with E-state index in [1.165, 1.54) is 6.92 Å². The Labute approximate surface area is 324 Å². The number of fused-ring (bicyclic) bond motifs is 1. The van der Waals surface area contributed by atoms with E-state index in [9.17, 15) is 63.6 Å². The smallest absolute Gasteiger partial charge is 0.326 e. The quantitative estimate of drug-likeness (QED) is 0.0577. The van der Waals surface area contributed by atoms with Gasteiger partial charge in [-0.3, -0.25) is 38.4 Å². The van der Waals surface area contributed by atoms with Crippen LogP contribution in [0.2, 0.25) is 0 Å². The second-order valence-corrected chi connectivity index (χ2v) is 13.6. The Bertz CT molecular complexity index is 1830. The van der Waals surface area contributed by atoms with Crippen molar-refractivity contribution in [2.75, 3.05) is 13.2 Å². The van der Waals surface area contributed by atoms with Gasteiger partial charge in [-0.1, -0.05) is 18.2 Å². The van der Waals surface area contributed by atoms with Gasteiger partial charge in [-0.15, -0.1) is 0 Å². The number of hydrogen-bond acceptors (Lipinski definition) is 12. The summed E-state index contributed by atoms with van der Waals surface area (Å²) in [5.74, 6) is -10.1. The lowest BCUT2D eigenvalue weighted by Gasteiger charge is -2.28. The summed E-state index contributed by atoms with van der Waals surface area (Å²) in [6, 6.07) is -3.73. The number of benzene rings is 1. The molecule has 0 unspecified atom stereocenters. The largest absolute Gasteiger partial charge is 0.481 e. The van der Waals surface area contributed by atoms with Crippen LogP contribution in [-0.4, -0.2) is 150 Å². The molecule has 13 N–H and O–H groups in total. The van der Waals surface area contributed by atoms with Gasteiger partial charge in [0.25, 0.3) is 0 Å². The number of amides is 6. The molecule has 1 saturated heterocycles. The molecule has 1 aliphatic rings. The molecule has 0 aliphatic carbocycles. The lowest BCUT2D eigenvalue weighted by atomic mass is 10.0. The minimum absolute atomic E-state index is 0.0235. The van der Waals surface area contributed by atoms with Crippen molar-refractivity contribution in [3.8, 4) is 0 Å². The number of carboxylic acids is 3. The molecule has 3 rings (SSSR count). The van der Waals surface area contributed by atoms with Gasteiger partial charge in [-0.05, 0) is 44.7 Å². The number of rotatable bonds is 21. The predicted octanol–water partition coefficient (Wildman–Crippen LogP) is -3.73. The number of nitrogens with one attached hydrogen (secondary N) is 6. The van der Waals surface area contributed by atoms with Gasteiger partial charge in [0.05, 0.1) is 25.2 Å². The fourth-order valence-corrected chi connectivity index (χ4v) is 6.07. The molecule has 6 amide bonds. The van der Waals surface area contributed by atoms with E-state index in [4.69, 9.17) is 10.8 Å². The summed E-state index contributed by atoms with van der Waals surface area (Å²) in [5.41, 5.74) is 6.90. The number of nitrogens with zero attached hydrogens (tertiary/aromatic N) is 1. The first-order valence-corrected chi connectivity index (χ1v) is 17.9. The molecule has 22 nitrogen and oxygen atoms in total. The van der Waals surface area contributed by atoms with Gasteiger partial charge in [0.1, 0.15) is 36.3 Å². The van der Waals surface area contributed by atoms with Crippen molar-refractivity contribution in [2.24, 2.45) is 5.73 Å². The number of hydrogen-bond donors (Lipinski definition) is 12. The topological polar surface area (TPSA) is 360 Å². The van der Waals surface area contributed by atoms with Crippen LogP contribution in [-0.2, 0) is 49.6 Å². The number of carbonyl (C=O) groups excluding carboxylic acids is 6. The van der Waals surface area contributed by atoms with Crippen LogP contribution in [0.15, 0.2) is 30.5 Å². The molecule has 1 fully saturated rings. The van der Waals surface area contributed by atoms with E-state index in [2.05, 4.69) is 31.6 Å². The lowest BCUT2D eigenvalue weighted by molar-refractivity contribution is -0.150. The van der Waals surface area contributed by atoms with Gasteiger partial charge in [0.2, 0.25) is 35.4 Å². The average molecular weight is 805 g/mol. The number of aromatic amines is 1. The minimum Gasteiger partial charge on any atom is -0.481 e. The summed E-state index contributed by atoms with van der Waals surface area (Å²) in [6.45, 7) is 1.34. The molecule has 312 valence electrons. The molecule has 8 atom stereocenters. The van der Waals surface area contributed by atoms with E-state index in [1.807, 2.05) is 0 Å². The highest BCUT2D eigenvalue weighted by Crippen LogP contribution is 2.21. The SMILES string of the molecule is C[C@H](NC(=O)[C@H](Cc1c[nH]c2ccccc12)NC(=O)[C@H](CO)NC(=O)[C@@H](NC(=O)[C@@H](N)CCC(=O)O)[C@@H](C)O)C(=O)N[C@@H](CC(=O)O)C(=O)N1CCC[C@H]1C(=O)O. The Balaban J connectivity index is 1.79. The van der Waals surface area contributed by atoms with Gasteiger partial charge in [-0.25, -0.2) is 4.79 Å². The third kappa shape index (κ3) is 12.7. The van der Waals surface area contributed by atoms with Crippen LogP contribution in [0.1, 0.15) is 51.5 Å². The molecule has 57 heavy (non-hydrogen) atoms. The zero-order valence-corrected chi connectivity index (χ0v) is 31.1. The first-order chi connectivity index (χ1) is 26.8. The van der Waals surface area contributed by atoms with Crippen LogP contribution < -0.4 is 32.3 Å². The molecule has 2 aromatic rings. The second-order valence-electron chi connectivity index (χ2n) is 13.6. The van der Waals surface area contributed by atoms with Crippen LogP contribution >= 0.6 is 0 Å². The zero-order valence-electron chi connectivity index (χ0n) is 31.1. The Morgan fingerprint density at radius 1 is 0.825 bits per heavy atom. The van der Waals surface area contributed by atoms with Crippen molar-refractivity contribution in [1.29, 1.82) is 0 Å². The highest BCUT2D eigenvalue weighted by Gasteiger charge is 2.39. The molecule has 22 heteroatoms. The number of likely N-dealkylation sites (tertiary alicyclic amines) is 1. The van der Waals surface area contributed by atoms with E-state index in [0.717, 1.165) is 11.8 Å². The first-order valence-electron chi connectivity index (χ1n) is 17.9. The Morgan fingerprint density at radius 2 is 1.46 bits per heavy atom. The van der Waals surface area contributed by atoms with E-state index in [0.29, 0.717) is 22.9 Å². The number of carbonyl (C=O) groups is 9. The number of H-pyrrole nitrogens is 1. The maximum absolute atomic E-state index is 13.8. The fourth-order valence-electron chi connectivity index (χ4n) is 6.07. The van der Waals surface area contributed by atoms with Crippen molar-refractivity contribution in [3.63, 3.8) is 0 Å². The highest BCUT2D eigenvalue weighted by molar-refractivity contribution is 5.98. The monoisotopic (exact) mass is 804 g/mol. The number of aliphatic carboxylic acids is 3. The van der Waals surface area contributed by atoms with Crippen molar-refractivity contribution in [3.05, 3.63) is 36.0 Å². The summed E-state index contributed by atoms with van der Waals surface area (Å²) >= 11 is 0. The number of aliphatic hydroxyl groups is 2. The van der Waals surface area contributed by atoms with Crippen LogP contribution in [0.4, 0.5) is 0 Å². The van der Waals surface area contributed by atoms with Crippen LogP contribution in [0, 0.1) is 0 Å². The van der Waals surface area contributed by atoms with E-state index >= 15 is 0 Å². The van der Waals surface area contributed by atoms with Crippen molar-refractivity contribution >= 4 is 64.3 Å². The van der Waals surface area contributed by atoms with Gasteiger partial charge in [0, 0.05) is 36.5 Å². The number of aliphatic hydroxyl groups excluding tert-OH is 2. The molecular formula is C35H48N8O14. The van der Waals surface area contributed by atoms with E-state index in [1.54, 1.807) is 30.5 Å². The Hall–Kier alpha value is -6.13. The third-order valence-corrected chi connectivity index (χ3v) is 9.18. The molecule has 1 aromatic carbocycles. The second kappa shape index (κ2) is 20.7. The lowest BCUT2D eigenvalue weighted by Crippen LogP contribution is -2.61. The van der Waals surface area contributed by atoms with Crippen LogP contribution in [0.5, 0.6) is 0 Å². The molecular weight excluding hydrogens is 756 g/mol. The Kier molecular flexibility index (Phi) is 16.4. The third-order valence-electron chi connectivity index (χ3n) is 9.18. The molecule has 0 radical (unpaired) electrons. The van der Waals surface area contributed by atoms with Gasteiger partial charge < -0.3 is 67.7 Å². The zero-order chi connectivity index (χ0) is 42.6. The molecule has 0 saturated carbocycles. The first kappa shape index (κ1) is 45.3. The number of para-hydroxylation sites is 1. The van der Waals surface area contributed by atoms with Crippen LogP contribution in [0.3, 0.4) is 0 Å². The maximum atomic E-state index is 13.8. The average Bonchev–Trinajstić information content (AvgIpc) is 3.81. The number of carboxylic acid groups (broad SMARTS) is 3. The van der Waals surface area contributed by atoms with Gasteiger partial charge in [0.15, 0.2) is 0 Å². The maximum Gasteiger partial charge on any atom is 0.326 e. The summed E-state index contributed by atoms with van der Waals surface area (Å²) in [4.78, 5) is 117. The van der Waals surface area contributed by atoms with Gasteiger partial charge >= 0.3 is 17.9 Å². The highest BCUT2D eigenvalue weighted by atomic mass is 16.4. The number of nitrogens with two attached hydrogens (primary N) is 1. The Morgan fingerprint density at radius 3 is 2.07 bits per heavy atom. The van der Waals surface area contributed by atoms with Crippen molar-refractivity contribution in [1.82, 2.24) is 36.5 Å². The van der Waals surface area contributed by atoms with Gasteiger partial charge in [-0.2, -0.15) is 0 Å². The van der Waals surface area contributed by atoms with Crippen molar-refractivity contribution in [2.45, 2.75) is 101 Å². The molecule has 0 spiro atoms.